The molecule has 2 heteroatoms. The minimum absolute atomic E-state index is 0.0934. The third kappa shape index (κ3) is 3.52. The van der Waals surface area contributed by atoms with E-state index in [1.54, 1.807) is 0 Å². The first-order valence-electron chi connectivity index (χ1n) is 7.83. The molecule has 0 aliphatic carbocycles. The van der Waals surface area contributed by atoms with Gasteiger partial charge in [0.05, 0.1) is 0 Å². The Hall–Kier alpha value is -1.64. The van der Waals surface area contributed by atoms with Crippen LogP contribution in [0.15, 0.2) is 48.5 Å². The van der Waals surface area contributed by atoms with Gasteiger partial charge in [0.2, 0.25) is 0 Å². The van der Waals surface area contributed by atoms with E-state index >= 15 is 0 Å². The van der Waals surface area contributed by atoms with Crippen LogP contribution in [0, 0.1) is 6.92 Å². The fourth-order valence-electron chi connectivity index (χ4n) is 3.12. The van der Waals surface area contributed by atoms with Gasteiger partial charge in [-0.25, -0.2) is 0 Å². The molecule has 0 radical (unpaired) electrons. The van der Waals surface area contributed by atoms with Gasteiger partial charge in [0, 0.05) is 19.1 Å². The van der Waals surface area contributed by atoms with E-state index in [1.807, 2.05) is 0 Å². The zero-order chi connectivity index (χ0) is 14.7. The molecule has 1 atom stereocenters. The molecule has 3 rings (SSSR count). The van der Waals surface area contributed by atoms with Crippen molar-refractivity contribution in [3.63, 3.8) is 0 Å². The van der Waals surface area contributed by atoms with Crippen molar-refractivity contribution < 1.29 is 0 Å². The van der Waals surface area contributed by atoms with Crippen LogP contribution >= 0.6 is 0 Å². The fraction of sp³-hybridized carbons (Fsp3) is 0.368. The minimum Gasteiger partial charge on any atom is -0.323 e. The number of nitrogens with zero attached hydrogens (tertiary/aromatic N) is 1. The maximum absolute atomic E-state index is 6.41. The van der Waals surface area contributed by atoms with Gasteiger partial charge in [0.25, 0.3) is 0 Å². The van der Waals surface area contributed by atoms with Crippen LogP contribution in [0.25, 0.3) is 0 Å². The summed E-state index contributed by atoms with van der Waals surface area (Å²) in [6, 6.07) is 17.5. The van der Waals surface area contributed by atoms with E-state index in [4.69, 9.17) is 5.73 Å². The number of hydrogen-bond donors (Lipinski definition) is 1. The number of nitrogens with two attached hydrogens (primary N) is 1. The average molecular weight is 280 g/mol. The summed E-state index contributed by atoms with van der Waals surface area (Å²) < 4.78 is 0. The fourth-order valence-corrected chi connectivity index (χ4v) is 3.12. The molecule has 0 saturated carbocycles. The molecule has 0 saturated heterocycles. The van der Waals surface area contributed by atoms with Crippen LogP contribution in [0.2, 0.25) is 0 Å². The topological polar surface area (TPSA) is 29.3 Å². The molecule has 1 aliphatic heterocycles. The Bertz CT molecular complexity index is 589. The molecule has 2 nitrogen and oxygen atoms in total. The van der Waals surface area contributed by atoms with Crippen molar-refractivity contribution in [1.82, 2.24) is 4.90 Å². The number of fused-ring (bicyclic) bond motifs is 1. The lowest BCUT2D eigenvalue weighted by Gasteiger charge is -2.24. The van der Waals surface area contributed by atoms with Gasteiger partial charge in [-0.1, -0.05) is 54.1 Å². The van der Waals surface area contributed by atoms with Crippen LogP contribution in [0.1, 0.15) is 34.7 Å². The summed E-state index contributed by atoms with van der Waals surface area (Å²) in [7, 11) is 0. The molecule has 1 unspecified atom stereocenters. The minimum atomic E-state index is 0.0934. The summed E-state index contributed by atoms with van der Waals surface area (Å²) in [5.41, 5.74) is 11.9. The molecule has 21 heavy (non-hydrogen) atoms. The summed E-state index contributed by atoms with van der Waals surface area (Å²) in [4.78, 5) is 2.50. The van der Waals surface area contributed by atoms with Crippen molar-refractivity contribution in [2.45, 2.75) is 32.4 Å². The molecule has 1 heterocycles. The molecule has 0 bridgehead atoms. The van der Waals surface area contributed by atoms with Crippen LogP contribution in [-0.4, -0.2) is 18.0 Å². The van der Waals surface area contributed by atoms with Gasteiger partial charge in [-0.15, -0.1) is 0 Å². The van der Waals surface area contributed by atoms with Gasteiger partial charge in [-0.05, 0) is 43.0 Å². The molecule has 0 aromatic heterocycles. The van der Waals surface area contributed by atoms with E-state index in [0.29, 0.717) is 0 Å². The number of benzene rings is 2. The standard InChI is InChI=1S/C19H24N2/c1-15-8-10-17(11-9-15)19(20)14-21-12-4-7-16-5-2-3-6-18(16)13-21/h2-3,5-6,8-11,19H,4,7,12-14,20H2,1H3. The lowest BCUT2D eigenvalue weighted by Crippen LogP contribution is -2.32. The maximum Gasteiger partial charge on any atom is 0.0424 e. The Morgan fingerprint density at radius 3 is 2.52 bits per heavy atom. The summed E-state index contributed by atoms with van der Waals surface area (Å²) in [6.45, 7) is 5.20. The highest BCUT2D eigenvalue weighted by Gasteiger charge is 2.17. The molecular weight excluding hydrogens is 256 g/mol. The van der Waals surface area contributed by atoms with Crippen LogP contribution in [-0.2, 0) is 13.0 Å². The highest BCUT2D eigenvalue weighted by Crippen LogP contribution is 2.20. The predicted octanol–water partition coefficient (Wildman–Crippen LogP) is 3.44. The zero-order valence-corrected chi connectivity index (χ0v) is 12.8. The number of rotatable bonds is 3. The van der Waals surface area contributed by atoms with Gasteiger partial charge >= 0.3 is 0 Å². The lowest BCUT2D eigenvalue weighted by molar-refractivity contribution is 0.253. The molecular formula is C19H24N2. The molecule has 1 aliphatic rings. The molecule has 0 spiro atoms. The van der Waals surface area contributed by atoms with Gasteiger partial charge in [0.15, 0.2) is 0 Å². The number of hydrogen-bond acceptors (Lipinski definition) is 2. The second-order valence-electron chi connectivity index (χ2n) is 6.12. The van der Waals surface area contributed by atoms with Gasteiger partial charge in [0.1, 0.15) is 0 Å². The Labute approximate surface area is 127 Å². The van der Waals surface area contributed by atoms with Gasteiger partial charge in [-0.3, -0.25) is 4.90 Å². The molecule has 2 aromatic rings. The van der Waals surface area contributed by atoms with Crippen molar-refractivity contribution in [1.29, 1.82) is 0 Å². The van der Waals surface area contributed by atoms with E-state index in [9.17, 15) is 0 Å². The summed E-state index contributed by atoms with van der Waals surface area (Å²) >= 11 is 0. The lowest BCUT2D eigenvalue weighted by atomic mass is 10.0. The quantitative estimate of drug-likeness (QED) is 0.933. The smallest absolute Gasteiger partial charge is 0.0424 e. The molecule has 0 fully saturated rings. The summed E-state index contributed by atoms with van der Waals surface area (Å²) in [5.74, 6) is 0. The van der Waals surface area contributed by atoms with E-state index in [0.717, 1.165) is 19.6 Å². The van der Waals surface area contributed by atoms with Crippen LogP contribution in [0.3, 0.4) is 0 Å². The van der Waals surface area contributed by atoms with Crippen molar-refractivity contribution in [3.05, 3.63) is 70.8 Å². The molecule has 0 amide bonds. The molecule has 2 aromatic carbocycles. The van der Waals surface area contributed by atoms with Crippen molar-refractivity contribution in [3.8, 4) is 0 Å². The third-order valence-electron chi connectivity index (χ3n) is 4.39. The van der Waals surface area contributed by atoms with Gasteiger partial charge in [-0.2, -0.15) is 0 Å². The van der Waals surface area contributed by atoms with Crippen LogP contribution in [0.5, 0.6) is 0 Å². The van der Waals surface area contributed by atoms with E-state index in [-0.39, 0.29) is 6.04 Å². The zero-order valence-electron chi connectivity index (χ0n) is 12.8. The average Bonchev–Trinajstić information content (AvgIpc) is 2.69. The SMILES string of the molecule is Cc1ccc(C(N)CN2CCCc3ccccc3C2)cc1. The highest BCUT2D eigenvalue weighted by molar-refractivity contribution is 5.28. The summed E-state index contributed by atoms with van der Waals surface area (Å²) in [5, 5.41) is 0. The van der Waals surface area contributed by atoms with E-state index in [2.05, 4.69) is 60.4 Å². The number of aryl methyl sites for hydroxylation is 2. The Morgan fingerprint density at radius 2 is 1.76 bits per heavy atom. The second-order valence-corrected chi connectivity index (χ2v) is 6.12. The van der Waals surface area contributed by atoms with Crippen molar-refractivity contribution in [2.24, 2.45) is 5.73 Å². The van der Waals surface area contributed by atoms with Gasteiger partial charge < -0.3 is 5.73 Å². The first kappa shape index (κ1) is 14.3. The van der Waals surface area contributed by atoms with Crippen LogP contribution in [0.4, 0.5) is 0 Å². The predicted molar refractivity (Wildman–Crippen MR) is 88.1 cm³/mol. The molecule has 2 N–H and O–H groups in total. The Morgan fingerprint density at radius 1 is 1.05 bits per heavy atom. The second kappa shape index (κ2) is 6.42. The molecule has 110 valence electrons. The Balaban J connectivity index is 1.69. The first-order chi connectivity index (χ1) is 10.2. The maximum atomic E-state index is 6.41. The highest BCUT2D eigenvalue weighted by atomic mass is 15.1. The van der Waals surface area contributed by atoms with E-state index in [1.165, 1.54) is 35.1 Å². The van der Waals surface area contributed by atoms with E-state index < -0.39 is 0 Å². The monoisotopic (exact) mass is 280 g/mol. The van der Waals surface area contributed by atoms with Crippen molar-refractivity contribution >= 4 is 0 Å². The normalized spacial score (nSPS) is 17.0. The van der Waals surface area contributed by atoms with Crippen LogP contribution < -0.4 is 5.73 Å². The Kier molecular flexibility index (Phi) is 4.37. The first-order valence-corrected chi connectivity index (χ1v) is 7.83. The summed E-state index contributed by atoms with van der Waals surface area (Å²) in [6.07, 6.45) is 2.41. The largest absolute Gasteiger partial charge is 0.323 e. The third-order valence-corrected chi connectivity index (χ3v) is 4.39. The van der Waals surface area contributed by atoms with Crippen molar-refractivity contribution in [2.75, 3.05) is 13.1 Å².